The predicted octanol–water partition coefficient (Wildman–Crippen LogP) is 2.44. The van der Waals surface area contributed by atoms with E-state index in [2.05, 4.69) is 5.32 Å². The molecule has 0 unspecified atom stereocenters. The third kappa shape index (κ3) is 4.63. The number of benzene rings is 1. The van der Waals surface area contributed by atoms with Crippen molar-refractivity contribution in [2.24, 2.45) is 0 Å². The summed E-state index contributed by atoms with van der Waals surface area (Å²) in [6.45, 7) is 1.35. The van der Waals surface area contributed by atoms with Crippen molar-refractivity contribution >= 4 is 5.91 Å². The smallest absolute Gasteiger partial charge is 0.220 e. The van der Waals surface area contributed by atoms with Gasteiger partial charge < -0.3 is 10.1 Å². The quantitative estimate of drug-likeness (QED) is 0.888. The van der Waals surface area contributed by atoms with Crippen molar-refractivity contribution in [2.75, 3.05) is 13.2 Å². The monoisotopic (exact) mass is 265 g/mol. The van der Waals surface area contributed by atoms with Crippen molar-refractivity contribution < 1.29 is 13.9 Å². The standard InChI is InChI=1S/C15H20FNO2/c16-14-7-2-1-5-12(14)8-9-15(18)17-11-13-6-3-4-10-19-13/h1-2,5,7,13H,3-4,6,8-11H2,(H,17,18)/t13-/m1/s1. The number of amides is 1. The maximum absolute atomic E-state index is 13.4. The van der Waals surface area contributed by atoms with E-state index in [1.165, 1.54) is 6.07 Å². The van der Waals surface area contributed by atoms with E-state index in [9.17, 15) is 9.18 Å². The lowest BCUT2D eigenvalue weighted by Crippen LogP contribution is -2.35. The van der Waals surface area contributed by atoms with E-state index in [1.807, 2.05) is 0 Å². The van der Waals surface area contributed by atoms with Crippen molar-refractivity contribution in [3.8, 4) is 0 Å². The second kappa shape index (κ2) is 7.24. The van der Waals surface area contributed by atoms with Crippen molar-refractivity contribution in [3.05, 3.63) is 35.6 Å². The maximum Gasteiger partial charge on any atom is 0.220 e. The van der Waals surface area contributed by atoms with Crippen LogP contribution in [0.4, 0.5) is 4.39 Å². The summed E-state index contributed by atoms with van der Waals surface area (Å²) in [4.78, 5) is 11.7. The largest absolute Gasteiger partial charge is 0.376 e. The van der Waals surface area contributed by atoms with Gasteiger partial charge in [0.05, 0.1) is 6.10 Å². The summed E-state index contributed by atoms with van der Waals surface area (Å²) in [7, 11) is 0. The van der Waals surface area contributed by atoms with Gasteiger partial charge in [-0.3, -0.25) is 4.79 Å². The molecule has 0 saturated carbocycles. The Morgan fingerprint density at radius 3 is 2.95 bits per heavy atom. The average molecular weight is 265 g/mol. The number of hydrogen-bond acceptors (Lipinski definition) is 2. The van der Waals surface area contributed by atoms with Gasteiger partial charge in [0.1, 0.15) is 5.82 Å². The van der Waals surface area contributed by atoms with Gasteiger partial charge in [-0.25, -0.2) is 4.39 Å². The zero-order chi connectivity index (χ0) is 13.5. The molecule has 3 nitrogen and oxygen atoms in total. The third-order valence-corrected chi connectivity index (χ3v) is 3.38. The second-order valence-electron chi connectivity index (χ2n) is 4.88. The Hall–Kier alpha value is -1.42. The fourth-order valence-corrected chi connectivity index (χ4v) is 2.23. The fourth-order valence-electron chi connectivity index (χ4n) is 2.23. The van der Waals surface area contributed by atoms with Crippen LogP contribution in [0.1, 0.15) is 31.2 Å². The molecule has 2 rings (SSSR count). The van der Waals surface area contributed by atoms with Crippen LogP contribution in [0.3, 0.4) is 0 Å². The Morgan fingerprint density at radius 2 is 2.21 bits per heavy atom. The van der Waals surface area contributed by atoms with Crippen LogP contribution >= 0.6 is 0 Å². The van der Waals surface area contributed by atoms with E-state index < -0.39 is 0 Å². The molecular formula is C15H20FNO2. The van der Waals surface area contributed by atoms with Gasteiger partial charge in [0.15, 0.2) is 0 Å². The Bertz CT molecular complexity index is 416. The van der Waals surface area contributed by atoms with Crippen molar-refractivity contribution in [1.29, 1.82) is 0 Å². The van der Waals surface area contributed by atoms with Gasteiger partial charge in [-0.05, 0) is 37.3 Å². The molecule has 1 aliphatic rings. The molecule has 1 aromatic carbocycles. The van der Waals surface area contributed by atoms with Crippen LogP contribution in [-0.2, 0) is 16.0 Å². The first-order valence-corrected chi connectivity index (χ1v) is 6.87. The van der Waals surface area contributed by atoms with Gasteiger partial charge >= 0.3 is 0 Å². The lowest BCUT2D eigenvalue weighted by atomic mass is 10.1. The highest BCUT2D eigenvalue weighted by molar-refractivity contribution is 5.76. The molecule has 0 aromatic heterocycles. The summed E-state index contributed by atoms with van der Waals surface area (Å²) >= 11 is 0. The Morgan fingerprint density at radius 1 is 1.37 bits per heavy atom. The Kier molecular flexibility index (Phi) is 5.33. The number of nitrogens with one attached hydrogen (secondary N) is 1. The zero-order valence-corrected chi connectivity index (χ0v) is 11.0. The molecule has 0 aliphatic carbocycles. The van der Waals surface area contributed by atoms with E-state index in [1.54, 1.807) is 18.2 Å². The molecule has 1 saturated heterocycles. The molecule has 0 radical (unpaired) electrons. The molecular weight excluding hydrogens is 245 g/mol. The number of ether oxygens (including phenoxy) is 1. The molecule has 4 heteroatoms. The summed E-state index contributed by atoms with van der Waals surface area (Å²) in [6, 6.07) is 6.57. The lowest BCUT2D eigenvalue weighted by Gasteiger charge is -2.22. The number of rotatable bonds is 5. The van der Waals surface area contributed by atoms with Crippen molar-refractivity contribution in [2.45, 2.75) is 38.2 Å². The highest BCUT2D eigenvalue weighted by atomic mass is 19.1. The van der Waals surface area contributed by atoms with Crippen LogP contribution in [-0.4, -0.2) is 25.2 Å². The molecule has 1 fully saturated rings. The number of carbonyl (C=O) groups is 1. The first-order valence-electron chi connectivity index (χ1n) is 6.87. The number of aryl methyl sites for hydroxylation is 1. The molecule has 19 heavy (non-hydrogen) atoms. The van der Waals surface area contributed by atoms with Crippen LogP contribution in [0.2, 0.25) is 0 Å². The highest BCUT2D eigenvalue weighted by Crippen LogP contribution is 2.12. The first-order chi connectivity index (χ1) is 9.25. The van der Waals surface area contributed by atoms with Crippen LogP contribution in [0.5, 0.6) is 0 Å². The molecule has 1 aromatic rings. The number of halogens is 1. The Balaban J connectivity index is 1.68. The summed E-state index contributed by atoms with van der Waals surface area (Å²) < 4.78 is 18.9. The highest BCUT2D eigenvalue weighted by Gasteiger charge is 2.14. The molecule has 1 aliphatic heterocycles. The van der Waals surface area contributed by atoms with Gasteiger partial charge in [-0.1, -0.05) is 18.2 Å². The van der Waals surface area contributed by atoms with E-state index >= 15 is 0 Å². The minimum atomic E-state index is -0.245. The number of hydrogen-bond donors (Lipinski definition) is 1. The molecule has 1 heterocycles. The molecule has 0 spiro atoms. The minimum Gasteiger partial charge on any atom is -0.376 e. The van der Waals surface area contributed by atoms with Crippen molar-refractivity contribution in [1.82, 2.24) is 5.32 Å². The average Bonchev–Trinajstić information content (AvgIpc) is 2.45. The number of carbonyl (C=O) groups excluding carboxylic acids is 1. The van der Waals surface area contributed by atoms with E-state index in [-0.39, 0.29) is 17.8 Å². The van der Waals surface area contributed by atoms with Gasteiger partial charge in [0.25, 0.3) is 0 Å². The third-order valence-electron chi connectivity index (χ3n) is 3.38. The first kappa shape index (κ1) is 14.0. The van der Waals surface area contributed by atoms with Crippen LogP contribution < -0.4 is 5.32 Å². The predicted molar refractivity (Wildman–Crippen MR) is 71.3 cm³/mol. The fraction of sp³-hybridized carbons (Fsp3) is 0.533. The second-order valence-corrected chi connectivity index (χ2v) is 4.88. The van der Waals surface area contributed by atoms with E-state index in [0.717, 1.165) is 25.9 Å². The van der Waals surface area contributed by atoms with Crippen LogP contribution in [0.25, 0.3) is 0 Å². The van der Waals surface area contributed by atoms with Gasteiger partial charge in [-0.15, -0.1) is 0 Å². The summed E-state index contributed by atoms with van der Waals surface area (Å²) in [5, 5.41) is 2.86. The normalized spacial score (nSPS) is 19.1. The van der Waals surface area contributed by atoms with Crippen LogP contribution in [0.15, 0.2) is 24.3 Å². The van der Waals surface area contributed by atoms with E-state index in [4.69, 9.17) is 4.74 Å². The summed E-state index contributed by atoms with van der Waals surface area (Å²) in [6.07, 6.45) is 4.17. The van der Waals surface area contributed by atoms with Gasteiger partial charge in [0, 0.05) is 19.6 Å². The minimum absolute atomic E-state index is 0.0440. The van der Waals surface area contributed by atoms with Gasteiger partial charge in [-0.2, -0.15) is 0 Å². The molecule has 1 atom stereocenters. The van der Waals surface area contributed by atoms with Crippen molar-refractivity contribution in [3.63, 3.8) is 0 Å². The topological polar surface area (TPSA) is 38.3 Å². The molecule has 0 bridgehead atoms. The van der Waals surface area contributed by atoms with Gasteiger partial charge in [0.2, 0.25) is 5.91 Å². The lowest BCUT2D eigenvalue weighted by molar-refractivity contribution is -0.122. The maximum atomic E-state index is 13.4. The molecule has 1 N–H and O–H groups in total. The Labute approximate surface area is 113 Å². The molecule has 1 amide bonds. The van der Waals surface area contributed by atoms with E-state index in [0.29, 0.717) is 24.9 Å². The SMILES string of the molecule is O=C(CCc1ccccc1F)NC[C@H]1CCCCO1. The van der Waals surface area contributed by atoms with Crippen LogP contribution in [0, 0.1) is 5.82 Å². The summed E-state index contributed by atoms with van der Waals surface area (Å²) in [5.41, 5.74) is 0.589. The molecule has 104 valence electrons. The zero-order valence-electron chi connectivity index (χ0n) is 11.0. The summed E-state index contributed by atoms with van der Waals surface area (Å²) in [5.74, 6) is -0.289.